The lowest BCUT2D eigenvalue weighted by Crippen LogP contribution is -2.46. The Labute approximate surface area is 179 Å². The molecule has 2 aromatic rings. The molecule has 1 N–H and O–H groups in total. The molecule has 0 aromatic heterocycles. The number of hydrogen-bond acceptors (Lipinski definition) is 4. The minimum atomic E-state index is -3.54. The topological polar surface area (TPSA) is 75.7 Å². The van der Waals surface area contributed by atoms with Gasteiger partial charge < -0.3 is 10.1 Å². The second kappa shape index (κ2) is 10.1. The third-order valence-corrected chi connectivity index (χ3v) is 7.43. The highest BCUT2D eigenvalue weighted by molar-refractivity contribution is 7.89. The van der Waals surface area contributed by atoms with E-state index in [-0.39, 0.29) is 16.8 Å². The van der Waals surface area contributed by atoms with E-state index in [0.29, 0.717) is 37.2 Å². The summed E-state index contributed by atoms with van der Waals surface area (Å²) in [5, 5.41) is 3.05. The SMILES string of the molecule is CCCCc1ccc(C(=O)NC2CCN(S(=O)(=O)c3ccc(OC)cc3)CC2)cc1. The van der Waals surface area contributed by atoms with E-state index < -0.39 is 10.0 Å². The van der Waals surface area contributed by atoms with Crippen LogP contribution in [0.1, 0.15) is 48.5 Å². The minimum Gasteiger partial charge on any atom is -0.497 e. The van der Waals surface area contributed by atoms with Gasteiger partial charge in [0.2, 0.25) is 10.0 Å². The highest BCUT2D eigenvalue weighted by Gasteiger charge is 2.30. The number of amides is 1. The van der Waals surface area contributed by atoms with Crippen LogP contribution in [-0.2, 0) is 16.4 Å². The second-order valence-electron chi connectivity index (χ2n) is 7.63. The van der Waals surface area contributed by atoms with Crippen molar-refractivity contribution in [3.8, 4) is 5.75 Å². The van der Waals surface area contributed by atoms with Crippen LogP contribution in [0.2, 0.25) is 0 Å². The van der Waals surface area contributed by atoms with Gasteiger partial charge in [-0.15, -0.1) is 0 Å². The number of unbranched alkanes of at least 4 members (excludes halogenated alkanes) is 1. The van der Waals surface area contributed by atoms with Crippen LogP contribution in [0, 0.1) is 0 Å². The molecule has 1 amide bonds. The van der Waals surface area contributed by atoms with Gasteiger partial charge in [0.25, 0.3) is 5.91 Å². The van der Waals surface area contributed by atoms with Crippen LogP contribution in [-0.4, -0.2) is 44.9 Å². The van der Waals surface area contributed by atoms with Gasteiger partial charge in [-0.1, -0.05) is 25.5 Å². The number of ether oxygens (including phenoxy) is 1. The van der Waals surface area contributed by atoms with E-state index in [2.05, 4.69) is 12.2 Å². The van der Waals surface area contributed by atoms with Gasteiger partial charge in [-0.2, -0.15) is 4.31 Å². The van der Waals surface area contributed by atoms with E-state index >= 15 is 0 Å². The van der Waals surface area contributed by atoms with Crippen molar-refractivity contribution in [1.29, 1.82) is 0 Å². The zero-order valence-electron chi connectivity index (χ0n) is 17.6. The van der Waals surface area contributed by atoms with E-state index in [0.717, 1.165) is 19.3 Å². The summed E-state index contributed by atoms with van der Waals surface area (Å²) in [6.07, 6.45) is 4.50. The summed E-state index contributed by atoms with van der Waals surface area (Å²) in [7, 11) is -1.99. The number of methoxy groups -OCH3 is 1. The number of hydrogen-bond donors (Lipinski definition) is 1. The summed E-state index contributed by atoms with van der Waals surface area (Å²) in [4.78, 5) is 12.8. The number of sulfonamides is 1. The van der Waals surface area contributed by atoms with Gasteiger partial charge in [-0.05, 0) is 67.6 Å². The number of rotatable bonds is 8. The highest BCUT2D eigenvalue weighted by Crippen LogP contribution is 2.23. The van der Waals surface area contributed by atoms with Gasteiger partial charge in [0, 0.05) is 24.7 Å². The molecule has 1 saturated heterocycles. The number of nitrogens with one attached hydrogen (secondary N) is 1. The zero-order chi connectivity index (χ0) is 21.6. The number of carbonyl (C=O) groups excluding carboxylic acids is 1. The standard InChI is InChI=1S/C23H30N2O4S/c1-3-4-5-18-6-8-19(9-7-18)23(26)24-20-14-16-25(17-15-20)30(27,28)22-12-10-21(29-2)11-13-22/h6-13,20H,3-5,14-17H2,1-2H3,(H,24,26). The van der Waals surface area contributed by atoms with E-state index in [4.69, 9.17) is 4.74 Å². The van der Waals surface area contributed by atoms with Gasteiger partial charge in [-0.25, -0.2) is 8.42 Å². The number of piperidine rings is 1. The van der Waals surface area contributed by atoms with Crippen LogP contribution in [0.15, 0.2) is 53.4 Å². The zero-order valence-corrected chi connectivity index (χ0v) is 18.5. The Morgan fingerprint density at radius 1 is 1.07 bits per heavy atom. The Morgan fingerprint density at radius 2 is 1.70 bits per heavy atom. The molecule has 7 heteroatoms. The average Bonchev–Trinajstić information content (AvgIpc) is 2.78. The summed E-state index contributed by atoms with van der Waals surface area (Å²) in [5.74, 6) is 0.516. The molecule has 1 fully saturated rings. The van der Waals surface area contributed by atoms with E-state index in [1.807, 2.05) is 24.3 Å². The van der Waals surface area contributed by atoms with Crippen LogP contribution in [0.3, 0.4) is 0 Å². The smallest absolute Gasteiger partial charge is 0.251 e. The first-order valence-electron chi connectivity index (χ1n) is 10.5. The van der Waals surface area contributed by atoms with Gasteiger partial charge in [0.1, 0.15) is 5.75 Å². The average molecular weight is 431 g/mol. The predicted octanol–water partition coefficient (Wildman–Crippen LogP) is 3.62. The Balaban J connectivity index is 1.54. The molecule has 0 unspecified atom stereocenters. The number of benzene rings is 2. The molecule has 1 aliphatic heterocycles. The summed E-state index contributed by atoms with van der Waals surface area (Å²) in [6, 6.07) is 14.1. The first-order chi connectivity index (χ1) is 14.4. The molecule has 0 saturated carbocycles. The molecule has 0 bridgehead atoms. The van der Waals surface area contributed by atoms with Crippen molar-refractivity contribution in [3.05, 3.63) is 59.7 Å². The Bertz CT molecular complexity index is 932. The molecule has 162 valence electrons. The Morgan fingerprint density at radius 3 is 2.27 bits per heavy atom. The first-order valence-corrected chi connectivity index (χ1v) is 11.9. The van der Waals surface area contributed by atoms with Crippen LogP contribution in [0.5, 0.6) is 5.75 Å². The highest BCUT2D eigenvalue weighted by atomic mass is 32.2. The van der Waals surface area contributed by atoms with E-state index in [1.165, 1.54) is 9.87 Å². The molecule has 0 radical (unpaired) electrons. The molecular formula is C23H30N2O4S. The molecule has 6 nitrogen and oxygen atoms in total. The molecule has 2 aromatic carbocycles. The lowest BCUT2D eigenvalue weighted by molar-refractivity contribution is 0.0924. The largest absolute Gasteiger partial charge is 0.497 e. The molecule has 3 rings (SSSR count). The monoisotopic (exact) mass is 430 g/mol. The van der Waals surface area contributed by atoms with Gasteiger partial charge in [0.05, 0.1) is 12.0 Å². The predicted molar refractivity (Wildman–Crippen MR) is 117 cm³/mol. The van der Waals surface area contributed by atoms with Crippen LogP contribution in [0.4, 0.5) is 0 Å². The third kappa shape index (κ3) is 5.40. The van der Waals surface area contributed by atoms with Gasteiger partial charge in [0.15, 0.2) is 0 Å². The lowest BCUT2D eigenvalue weighted by atomic mass is 10.0. The molecule has 1 aliphatic rings. The van der Waals surface area contributed by atoms with Gasteiger partial charge >= 0.3 is 0 Å². The van der Waals surface area contributed by atoms with Crippen molar-refractivity contribution in [3.63, 3.8) is 0 Å². The quantitative estimate of drug-likeness (QED) is 0.694. The molecular weight excluding hydrogens is 400 g/mol. The maximum absolute atomic E-state index is 12.8. The normalized spacial score (nSPS) is 15.7. The molecule has 30 heavy (non-hydrogen) atoms. The molecule has 0 atom stereocenters. The lowest BCUT2D eigenvalue weighted by Gasteiger charge is -2.31. The van der Waals surface area contributed by atoms with Crippen LogP contribution < -0.4 is 10.1 Å². The van der Waals surface area contributed by atoms with Crippen molar-refractivity contribution in [2.24, 2.45) is 0 Å². The van der Waals surface area contributed by atoms with Gasteiger partial charge in [-0.3, -0.25) is 4.79 Å². The fourth-order valence-corrected chi connectivity index (χ4v) is 5.08. The van der Waals surface area contributed by atoms with Crippen LogP contribution in [0.25, 0.3) is 0 Å². The van der Waals surface area contributed by atoms with Crippen molar-refractivity contribution < 1.29 is 17.9 Å². The Kier molecular flexibility index (Phi) is 7.50. The van der Waals surface area contributed by atoms with Crippen LogP contribution >= 0.6 is 0 Å². The maximum atomic E-state index is 12.8. The minimum absolute atomic E-state index is 0.0282. The summed E-state index contributed by atoms with van der Waals surface area (Å²) in [5.41, 5.74) is 1.88. The second-order valence-corrected chi connectivity index (χ2v) is 9.57. The van der Waals surface area contributed by atoms with Crippen molar-refractivity contribution >= 4 is 15.9 Å². The number of aryl methyl sites for hydroxylation is 1. The summed E-state index contributed by atoms with van der Waals surface area (Å²) in [6.45, 7) is 2.93. The molecule has 0 aliphatic carbocycles. The maximum Gasteiger partial charge on any atom is 0.251 e. The summed E-state index contributed by atoms with van der Waals surface area (Å²) < 4.78 is 32.3. The van der Waals surface area contributed by atoms with Crippen molar-refractivity contribution in [2.75, 3.05) is 20.2 Å². The fraction of sp³-hybridized carbons (Fsp3) is 0.435. The van der Waals surface area contributed by atoms with E-state index in [1.54, 1.807) is 31.4 Å². The first kappa shape index (κ1) is 22.3. The van der Waals surface area contributed by atoms with E-state index in [9.17, 15) is 13.2 Å². The molecule has 0 spiro atoms. The third-order valence-electron chi connectivity index (χ3n) is 5.52. The van der Waals surface area contributed by atoms with Crippen molar-refractivity contribution in [2.45, 2.75) is 50.0 Å². The number of nitrogens with zero attached hydrogens (tertiary/aromatic N) is 1. The molecule has 1 heterocycles. The summed E-state index contributed by atoms with van der Waals surface area (Å²) >= 11 is 0. The fourth-order valence-electron chi connectivity index (χ4n) is 3.61. The van der Waals surface area contributed by atoms with Crippen molar-refractivity contribution in [1.82, 2.24) is 9.62 Å². The number of carbonyl (C=O) groups is 1. The Hall–Kier alpha value is -2.38.